The molecule has 0 spiro atoms. The van der Waals surface area contributed by atoms with Crippen LogP contribution in [0.4, 0.5) is 0 Å². The Morgan fingerprint density at radius 1 is 0.306 bits per heavy atom. The molecular formula is C66H48N6. The summed E-state index contributed by atoms with van der Waals surface area (Å²) in [5.74, 6) is 1.80. The molecule has 6 nitrogen and oxygen atoms in total. The highest BCUT2D eigenvalue weighted by molar-refractivity contribution is 6.11. The Morgan fingerprint density at radius 3 is 1.03 bits per heavy atom. The van der Waals surface area contributed by atoms with Crippen molar-refractivity contribution in [1.82, 2.24) is 29.1 Å². The maximum atomic E-state index is 5.26. The molecule has 0 amide bonds. The van der Waals surface area contributed by atoms with Crippen molar-refractivity contribution in [2.75, 3.05) is 0 Å². The third-order valence-corrected chi connectivity index (χ3v) is 14.0. The number of hydrogen-bond donors (Lipinski definition) is 0. The summed E-state index contributed by atoms with van der Waals surface area (Å²) in [6.07, 6.45) is 1.88. The molecule has 0 aliphatic rings. The summed E-state index contributed by atoms with van der Waals surface area (Å²) >= 11 is 0. The van der Waals surface area contributed by atoms with E-state index in [1.807, 2.05) is 48.7 Å². The number of nitrogens with zero attached hydrogens (tertiary/aromatic N) is 6. The first kappa shape index (κ1) is 42.8. The van der Waals surface area contributed by atoms with Crippen molar-refractivity contribution in [1.29, 1.82) is 0 Å². The van der Waals surface area contributed by atoms with Gasteiger partial charge in [0.25, 0.3) is 0 Å². The number of aromatic nitrogens is 6. The predicted octanol–water partition coefficient (Wildman–Crippen LogP) is 16.7. The first-order valence-corrected chi connectivity index (χ1v) is 24.5. The van der Waals surface area contributed by atoms with Crippen molar-refractivity contribution in [2.24, 2.45) is 0 Å². The fourth-order valence-electron chi connectivity index (χ4n) is 10.6. The molecule has 0 unspecified atom stereocenters. The van der Waals surface area contributed by atoms with E-state index >= 15 is 0 Å². The number of benzene rings is 9. The molecule has 0 bridgehead atoms. The van der Waals surface area contributed by atoms with Gasteiger partial charge in [-0.2, -0.15) is 0 Å². The van der Waals surface area contributed by atoms with Crippen LogP contribution in [0.5, 0.6) is 0 Å². The van der Waals surface area contributed by atoms with Crippen LogP contribution in [0, 0.1) is 27.7 Å². The molecule has 342 valence electrons. The quantitative estimate of drug-likeness (QED) is 0.152. The van der Waals surface area contributed by atoms with Crippen LogP contribution in [-0.2, 0) is 0 Å². The zero-order valence-electron chi connectivity index (χ0n) is 40.5. The molecule has 0 saturated carbocycles. The number of aryl methyl sites for hydroxylation is 4. The van der Waals surface area contributed by atoms with Crippen molar-refractivity contribution in [3.63, 3.8) is 0 Å². The minimum absolute atomic E-state index is 0.581. The van der Waals surface area contributed by atoms with Crippen LogP contribution in [0.15, 0.2) is 219 Å². The summed E-state index contributed by atoms with van der Waals surface area (Å²) in [5.41, 5.74) is 20.6. The molecule has 72 heavy (non-hydrogen) atoms. The zero-order valence-corrected chi connectivity index (χ0v) is 40.5. The molecular weight excluding hydrogens is 877 g/mol. The smallest absolute Gasteiger partial charge is 0.164 e. The summed E-state index contributed by atoms with van der Waals surface area (Å²) in [4.78, 5) is 20.7. The van der Waals surface area contributed by atoms with E-state index in [4.69, 9.17) is 19.9 Å². The largest absolute Gasteiger partial charge is 0.309 e. The van der Waals surface area contributed by atoms with Crippen LogP contribution < -0.4 is 0 Å². The van der Waals surface area contributed by atoms with Crippen molar-refractivity contribution in [3.05, 3.63) is 241 Å². The molecule has 0 aliphatic carbocycles. The Balaban J connectivity index is 1.04. The lowest BCUT2D eigenvalue weighted by atomic mass is 9.87. The lowest BCUT2D eigenvalue weighted by Gasteiger charge is -2.19. The summed E-state index contributed by atoms with van der Waals surface area (Å²) < 4.78 is 4.77. The Kier molecular flexibility index (Phi) is 10.3. The Bertz CT molecular complexity index is 3840. The third-order valence-electron chi connectivity index (χ3n) is 14.0. The fourth-order valence-corrected chi connectivity index (χ4v) is 10.6. The van der Waals surface area contributed by atoms with Crippen LogP contribution in [0.3, 0.4) is 0 Å². The summed E-state index contributed by atoms with van der Waals surface area (Å²) in [7, 11) is 0. The van der Waals surface area contributed by atoms with Gasteiger partial charge in [-0.25, -0.2) is 15.0 Å². The number of pyridine rings is 1. The van der Waals surface area contributed by atoms with E-state index in [-0.39, 0.29) is 0 Å². The maximum Gasteiger partial charge on any atom is 0.164 e. The molecule has 13 rings (SSSR count). The second kappa shape index (κ2) is 17.3. The lowest BCUT2D eigenvalue weighted by Crippen LogP contribution is -2.02. The maximum absolute atomic E-state index is 5.26. The van der Waals surface area contributed by atoms with Crippen LogP contribution in [0.25, 0.3) is 123 Å². The molecule has 4 heterocycles. The second-order valence-corrected chi connectivity index (χ2v) is 19.0. The molecule has 13 aromatic rings. The van der Waals surface area contributed by atoms with E-state index in [1.165, 1.54) is 65.9 Å². The Labute approximate surface area is 418 Å². The Hall–Kier alpha value is -9.26. The first-order valence-electron chi connectivity index (χ1n) is 24.5. The molecule has 4 aromatic heterocycles. The highest BCUT2D eigenvalue weighted by Gasteiger charge is 2.22. The van der Waals surface area contributed by atoms with E-state index < -0.39 is 0 Å². The highest BCUT2D eigenvalue weighted by atomic mass is 15.0. The average molecular weight is 925 g/mol. The summed E-state index contributed by atoms with van der Waals surface area (Å²) in [6, 6.07) is 76.0. The van der Waals surface area contributed by atoms with E-state index in [9.17, 15) is 0 Å². The van der Waals surface area contributed by atoms with Gasteiger partial charge >= 0.3 is 0 Å². The minimum Gasteiger partial charge on any atom is -0.309 e. The van der Waals surface area contributed by atoms with Gasteiger partial charge in [0.05, 0.1) is 27.8 Å². The van der Waals surface area contributed by atoms with Gasteiger partial charge in [0.1, 0.15) is 0 Å². The van der Waals surface area contributed by atoms with Crippen molar-refractivity contribution < 1.29 is 0 Å². The molecule has 6 heteroatoms. The van der Waals surface area contributed by atoms with Gasteiger partial charge in [-0.15, -0.1) is 0 Å². The second-order valence-electron chi connectivity index (χ2n) is 19.0. The van der Waals surface area contributed by atoms with Gasteiger partial charge in [0, 0.05) is 61.4 Å². The summed E-state index contributed by atoms with van der Waals surface area (Å²) in [6.45, 7) is 8.66. The van der Waals surface area contributed by atoms with Crippen LogP contribution in [-0.4, -0.2) is 29.1 Å². The van der Waals surface area contributed by atoms with Gasteiger partial charge in [0.2, 0.25) is 0 Å². The molecule has 0 fully saturated rings. The van der Waals surface area contributed by atoms with E-state index in [0.717, 1.165) is 61.6 Å². The Morgan fingerprint density at radius 2 is 0.667 bits per heavy atom. The van der Waals surface area contributed by atoms with Gasteiger partial charge in [-0.05, 0) is 147 Å². The first-order chi connectivity index (χ1) is 35.3. The van der Waals surface area contributed by atoms with Crippen molar-refractivity contribution in [3.8, 4) is 79.0 Å². The van der Waals surface area contributed by atoms with Crippen LogP contribution in [0.1, 0.15) is 22.3 Å². The normalized spacial score (nSPS) is 11.6. The van der Waals surface area contributed by atoms with Crippen molar-refractivity contribution >= 4 is 43.6 Å². The van der Waals surface area contributed by atoms with Gasteiger partial charge in [-0.3, -0.25) is 4.98 Å². The number of rotatable bonds is 8. The van der Waals surface area contributed by atoms with Gasteiger partial charge < -0.3 is 9.13 Å². The molecule has 0 N–H and O–H groups in total. The average Bonchev–Trinajstić information content (AvgIpc) is 3.91. The molecule has 0 atom stereocenters. The van der Waals surface area contributed by atoms with Gasteiger partial charge in [-0.1, -0.05) is 138 Å². The van der Waals surface area contributed by atoms with Crippen LogP contribution in [0.2, 0.25) is 0 Å². The monoisotopic (exact) mass is 924 g/mol. The topological polar surface area (TPSA) is 61.4 Å². The zero-order chi connectivity index (χ0) is 48.5. The van der Waals surface area contributed by atoms with Crippen LogP contribution >= 0.6 is 0 Å². The van der Waals surface area contributed by atoms with E-state index in [2.05, 4.69) is 207 Å². The molecule has 0 saturated heterocycles. The number of fused-ring (bicyclic) bond motifs is 6. The predicted molar refractivity (Wildman–Crippen MR) is 298 cm³/mol. The highest BCUT2D eigenvalue weighted by Crippen LogP contribution is 2.44. The SMILES string of the molecule is Cc1ccc2c(c1)c1cc(C)ccc1n2-c1ccc(-c2cc(-c3nc(-c4ccccc4)nc(-c4ccccc4)n3)cc(-c3ccc(-n4c5ccc(C)cc5c5cc(C)ccc54)cc3)c2-c2ccccn2)cc1. The summed E-state index contributed by atoms with van der Waals surface area (Å²) in [5, 5.41) is 5.01. The lowest BCUT2D eigenvalue weighted by molar-refractivity contribution is 1.07. The third kappa shape index (κ3) is 7.44. The fraction of sp³-hybridized carbons (Fsp3) is 0.0606. The standard InChI is InChI=1S/C66H48N6/c1-41-18-30-59-54(35-41)55-36-42(2)19-31-60(55)71(59)50-26-22-45(23-27-50)52-39-49(66-69-64(47-13-7-5-8-14-47)68-65(70-66)48-15-9-6-10-16-48)40-53(63(52)58-17-11-12-34-67-58)46-24-28-51(29-25-46)72-61-32-20-43(3)37-56(61)57-38-44(4)21-33-62(57)72/h5-40H,1-4H3. The molecule has 9 aromatic carbocycles. The minimum atomic E-state index is 0.581. The molecule has 0 radical (unpaired) electrons. The molecule has 0 aliphatic heterocycles. The van der Waals surface area contributed by atoms with E-state index in [0.29, 0.717) is 17.5 Å². The van der Waals surface area contributed by atoms with Gasteiger partial charge in [0.15, 0.2) is 17.5 Å². The van der Waals surface area contributed by atoms with E-state index in [1.54, 1.807) is 0 Å². The number of hydrogen-bond acceptors (Lipinski definition) is 4. The van der Waals surface area contributed by atoms with Crippen molar-refractivity contribution in [2.45, 2.75) is 27.7 Å².